The second-order valence-corrected chi connectivity index (χ2v) is 5.87. The third-order valence-electron chi connectivity index (χ3n) is 3.19. The van der Waals surface area contributed by atoms with Crippen LogP contribution in [0.15, 0.2) is 40.9 Å². The molecule has 0 saturated carbocycles. The average Bonchev–Trinajstić information content (AvgIpc) is 2.59. The molecule has 0 spiro atoms. The first-order chi connectivity index (χ1) is 11.5. The van der Waals surface area contributed by atoms with Gasteiger partial charge in [-0.25, -0.2) is 4.79 Å². The molecule has 0 amide bonds. The van der Waals surface area contributed by atoms with Crippen LogP contribution in [0.3, 0.4) is 0 Å². The van der Waals surface area contributed by atoms with E-state index in [0.29, 0.717) is 26.6 Å². The second kappa shape index (κ2) is 8.17. The predicted octanol–water partition coefficient (Wildman–Crippen LogP) is 4.16. The van der Waals surface area contributed by atoms with E-state index >= 15 is 0 Å². The maximum Gasteiger partial charge on any atom is 0.338 e. The molecule has 0 aliphatic rings. The lowest BCUT2D eigenvalue weighted by Crippen LogP contribution is -2.15. The molecule has 0 unspecified atom stereocenters. The molecule has 2 aromatic rings. The molecule has 0 aliphatic heterocycles. The number of methoxy groups -OCH3 is 2. The molecule has 0 saturated heterocycles. The Kier molecular flexibility index (Phi) is 6.23. The minimum absolute atomic E-state index is 0.207. The standard InChI is InChI=1S/C17H14BrClO5/c1-22-14-7-10(8-15(23-2)16(14)18)17(21)24-9-13(20)11-5-3-4-6-12(11)19/h3-8H,9H2,1-2H3. The fourth-order valence-electron chi connectivity index (χ4n) is 1.97. The number of Topliss-reactive ketones (excluding diaryl/α,β-unsaturated/α-hetero) is 1. The van der Waals surface area contributed by atoms with E-state index in [1.165, 1.54) is 26.4 Å². The van der Waals surface area contributed by atoms with Crippen molar-refractivity contribution in [2.24, 2.45) is 0 Å². The van der Waals surface area contributed by atoms with Gasteiger partial charge in [0.1, 0.15) is 16.0 Å². The molecule has 0 atom stereocenters. The molecule has 7 heteroatoms. The van der Waals surface area contributed by atoms with E-state index in [0.717, 1.165) is 0 Å². The van der Waals surface area contributed by atoms with Crippen molar-refractivity contribution < 1.29 is 23.8 Å². The third-order valence-corrected chi connectivity index (χ3v) is 4.30. The van der Waals surface area contributed by atoms with E-state index in [1.807, 2.05) is 0 Å². The van der Waals surface area contributed by atoms with Crippen molar-refractivity contribution in [2.75, 3.05) is 20.8 Å². The van der Waals surface area contributed by atoms with Gasteiger partial charge in [0.05, 0.1) is 24.8 Å². The Morgan fingerprint density at radius 2 is 1.67 bits per heavy atom. The molecule has 0 aliphatic carbocycles. The van der Waals surface area contributed by atoms with Crippen LogP contribution in [0.4, 0.5) is 0 Å². The van der Waals surface area contributed by atoms with E-state index in [1.54, 1.807) is 24.3 Å². The normalized spacial score (nSPS) is 10.2. The van der Waals surface area contributed by atoms with Crippen molar-refractivity contribution in [1.29, 1.82) is 0 Å². The van der Waals surface area contributed by atoms with Crippen LogP contribution in [0.1, 0.15) is 20.7 Å². The zero-order valence-corrected chi connectivity index (χ0v) is 15.3. The minimum atomic E-state index is -0.667. The molecule has 2 rings (SSSR count). The summed E-state index contributed by atoms with van der Waals surface area (Å²) in [5.74, 6) is -0.220. The number of halogens is 2. The van der Waals surface area contributed by atoms with Crippen molar-refractivity contribution in [3.63, 3.8) is 0 Å². The number of hydrogen-bond acceptors (Lipinski definition) is 5. The van der Waals surface area contributed by atoms with Crippen LogP contribution in [0, 0.1) is 0 Å². The average molecular weight is 414 g/mol. The van der Waals surface area contributed by atoms with Gasteiger partial charge in [0, 0.05) is 5.56 Å². The molecule has 126 valence electrons. The van der Waals surface area contributed by atoms with Crippen molar-refractivity contribution >= 4 is 39.3 Å². The van der Waals surface area contributed by atoms with Crippen LogP contribution < -0.4 is 9.47 Å². The molecule has 5 nitrogen and oxygen atoms in total. The third kappa shape index (κ3) is 4.07. The van der Waals surface area contributed by atoms with Gasteiger partial charge in [0.15, 0.2) is 6.61 Å². The topological polar surface area (TPSA) is 61.8 Å². The summed E-state index contributed by atoms with van der Waals surface area (Å²) in [6, 6.07) is 9.56. The van der Waals surface area contributed by atoms with Crippen molar-refractivity contribution in [2.45, 2.75) is 0 Å². The predicted molar refractivity (Wildman–Crippen MR) is 93.3 cm³/mol. The smallest absolute Gasteiger partial charge is 0.338 e. The van der Waals surface area contributed by atoms with Gasteiger partial charge in [-0.1, -0.05) is 23.7 Å². The van der Waals surface area contributed by atoms with Crippen LogP contribution in [0.25, 0.3) is 0 Å². The van der Waals surface area contributed by atoms with Crippen molar-refractivity contribution in [3.05, 3.63) is 57.0 Å². The number of carbonyl (C=O) groups is 2. The van der Waals surface area contributed by atoms with Gasteiger partial charge in [-0.2, -0.15) is 0 Å². The lowest BCUT2D eigenvalue weighted by molar-refractivity contribution is 0.0474. The summed E-state index contributed by atoms with van der Waals surface area (Å²) in [5.41, 5.74) is 0.511. The van der Waals surface area contributed by atoms with Gasteiger partial charge in [0.2, 0.25) is 5.78 Å². The van der Waals surface area contributed by atoms with Gasteiger partial charge >= 0.3 is 5.97 Å². The maximum absolute atomic E-state index is 12.2. The van der Waals surface area contributed by atoms with E-state index in [4.69, 9.17) is 25.8 Å². The largest absolute Gasteiger partial charge is 0.495 e. The quantitative estimate of drug-likeness (QED) is 0.526. The summed E-state index contributed by atoms with van der Waals surface area (Å²) in [6.07, 6.45) is 0. The zero-order chi connectivity index (χ0) is 17.7. The van der Waals surface area contributed by atoms with Crippen LogP contribution in [0.5, 0.6) is 11.5 Å². The Labute approximate surface area is 152 Å². The molecule has 0 bridgehead atoms. The highest BCUT2D eigenvalue weighted by atomic mass is 79.9. The SMILES string of the molecule is COc1cc(C(=O)OCC(=O)c2ccccc2Cl)cc(OC)c1Br. The molecule has 0 radical (unpaired) electrons. The number of hydrogen-bond donors (Lipinski definition) is 0. The molecule has 0 N–H and O–H groups in total. The summed E-state index contributed by atoms with van der Waals surface area (Å²) in [7, 11) is 2.94. The molecule has 2 aromatic carbocycles. The minimum Gasteiger partial charge on any atom is -0.495 e. The second-order valence-electron chi connectivity index (χ2n) is 4.67. The number of esters is 1. The zero-order valence-electron chi connectivity index (χ0n) is 13.0. The summed E-state index contributed by atoms with van der Waals surface area (Å²) in [5, 5.41) is 0.311. The van der Waals surface area contributed by atoms with Crippen molar-refractivity contribution in [3.8, 4) is 11.5 Å². The molecular weight excluding hydrogens is 400 g/mol. The van der Waals surface area contributed by atoms with E-state index in [9.17, 15) is 9.59 Å². The van der Waals surface area contributed by atoms with Crippen LogP contribution in [0.2, 0.25) is 5.02 Å². The molecule has 24 heavy (non-hydrogen) atoms. The number of ether oxygens (including phenoxy) is 3. The van der Waals surface area contributed by atoms with Gasteiger partial charge in [0.25, 0.3) is 0 Å². The van der Waals surface area contributed by atoms with Gasteiger partial charge in [-0.15, -0.1) is 0 Å². The van der Waals surface area contributed by atoms with E-state index in [-0.39, 0.29) is 11.3 Å². The first-order valence-corrected chi connectivity index (χ1v) is 8.01. The molecule has 0 aromatic heterocycles. The van der Waals surface area contributed by atoms with Gasteiger partial charge in [-0.3, -0.25) is 4.79 Å². The first-order valence-electron chi connectivity index (χ1n) is 6.84. The summed E-state index contributed by atoms with van der Waals surface area (Å²) in [6.45, 7) is -0.413. The summed E-state index contributed by atoms with van der Waals surface area (Å²) in [4.78, 5) is 24.3. The summed E-state index contributed by atoms with van der Waals surface area (Å²) < 4.78 is 16.0. The maximum atomic E-state index is 12.2. The number of ketones is 1. The fourth-order valence-corrected chi connectivity index (χ4v) is 2.76. The first kappa shape index (κ1) is 18.3. The molecule has 0 fully saturated rings. The van der Waals surface area contributed by atoms with Gasteiger partial charge in [-0.05, 0) is 40.2 Å². The van der Waals surface area contributed by atoms with E-state index < -0.39 is 12.6 Å². The molecule has 0 heterocycles. The fraction of sp³-hybridized carbons (Fsp3) is 0.176. The Bertz CT molecular complexity index is 750. The Balaban J connectivity index is 2.13. The van der Waals surface area contributed by atoms with Crippen LogP contribution in [-0.2, 0) is 4.74 Å². The lowest BCUT2D eigenvalue weighted by Gasteiger charge is -2.11. The van der Waals surface area contributed by atoms with E-state index in [2.05, 4.69) is 15.9 Å². The monoisotopic (exact) mass is 412 g/mol. The number of carbonyl (C=O) groups excluding carboxylic acids is 2. The van der Waals surface area contributed by atoms with Crippen molar-refractivity contribution in [1.82, 2.24) is 0 Å². The highest BCUT2D eigenvalue weighted by Crippen LogP contribution is 2.35. The summed E-state index contributed by atoms with van der Waals surface area (Å²) >= 11 is 9.26. The molecular formula is C17H14BrClO5. The highest BCUT2D eigenvalue weighted by Gasteiger charge is 2.18. The van der Waals surface area contributed by atoms with Crippen LogP contribution in [-0.4, -0.2) is 32.6 Å². The Morgan fingerprint density at radius 1 is 1.08 bits per heavy atom. The van der Waals surface area contributed by atoms with Crippen LogP contribution >= 0.6 is 27.5 Å². The Hall–Kier alpha value is -2.05. The van der Waals surface area contributed by atoms with Gasteiger partial charge < -0.3 is 14.2 Å². The number of benzene rings is 2. The Morgan fingerprint density at radius 3 is 2.21 bits per heavy atom. The highest BCUT2D eigenvalue weighted by molar-refractivity contribution is 9.10. The lowest BCUT2D eigenvalue weighted by atomic mass is 10.1. The number of rotatable bonds is 6.